The number of hydrogen-bond acceptors (Lipinski definition) is 11. The standard InChI is InChI=1S/C43H44ClN5O6S/c1-27-31(17-39(51)42-48-23-34(56-42)22-46-12-14-50)7-5-9-35(27)36-10-6-8-32(28(36)2)26-55-41-18-40(54-25-30-15-29(19-45)20-47-21-30)33(16-37(41)44)24-49-13-4-3-11-38(49)43(52)53/h5-10,15-16,18,20-21,23,38,46,50H,3-4,11-14,17,22,24-26H2,1-2H3,(H,52,53)/t38-/m0/s1. The van der Waals surface area contributed by atoms with E-state index in [1.807, 2.05) is 43.0 Å². The van der Waals surface area contributed by atoms with Crippen LogP contribution in [0.4, 0.5) is 0 Å². The monoisotopic (exact) mass is 793 g/mol. The van der Waals surface area contributed by atoms with Gasteiger partial charge in [-0.15, -0.1) is 11.3 Å². The molecule has 3 heterocycles. The quantitative estimate of drug-likeness (QED) is 0.0635. The van der Waals surface area contributed by atoms with Crippen molar-refractivity contribution in [2.75, 3.05) is 19.7 Å². The fraction of sp³-hybridized carbons (Fsp3) is 0.326. The minimum absolute atomic E-state index is 0.0428. The molecule has 1 atom stereocenters. The van der Waals surface area contributed by atoms with E-state index in [0.717, 1.165) is 56.7 Å². The first-order valence-electron chi connectivity index (χ1n) is 18.5. The molecule has 13 heteroatoms. The van der Waals surface area contributed by atoms with Gasteiger partial charge in [0.25, 0.3) is 0 Å². The molecule has 6 rings (SSSR count). The smallest absolute Gasteiger partial charge is 0.320 e. The van der Waals surface area contributed by atoms with Crippen LogP contribution in [0.2, 0.25) is 5.02 Å². The van der Waals surface area contributed by atoms with Crippen LogP contribution in [-0.4, -0.2) is 62.6 Å². The average Bonchev–Trinajstić information content (AvgIpc) is 3.68. The molecule has 1 saturated heterocycles. The molecule has 5 aromatic rings. The predicted molar refractivity (Wildman–Crippen MR) is 215 cm³/mol. The van der Waals surface area contributed by atoms with Gasteiger partial charge in [0.05, 0.1) is 17.2 Å². The summed E-state index contributed by atoms with van der Waals surface area (Å²) >= 11 is 8.22. The molecule has 11 nitrogen and oxygen atoms in total. The first-order chi connectivity index (χ1) is 27.1. The number of likely N-dealkylation sites (tertiary alicyclic amines) is 1. The fourth-order valence-corrected chi connectivity index (χ4v) is 7.98. The van der Waals surface area contributed by atoms with Crippen LogP contribution in [0.1, 0.15) is 72.9 Å². The van der Waals surface area contributed by atoms with Gasteiger partial charge in [0.15, 0.2) is 10.8 Å². The van der Waals surface area contributed by atoms with Gasteiger partial charge in [-0.3, -0.25) is 19.5 Å². The lowest BCUT2D eigenvalue weighted by atomic mass is 9.90. The molecule has 0 bridgehead atoms. The third kappa shape index (κ3) is 9.98. The first kappa shape index (κ1) is 40.5. The Balaban J connectivity index is 1.21. The zero-order valence-electron chi connectivity index (χ0n) is 31.4. The number of Topliss-reactive ketones (excluding diaryl/α,β-unsaturated/α-hetero) is 1. The third-order valence-electron chi connectivity index (χ3n) is 10.0. The molecule has 2 aromatic heterocycles. The minimum atomic E-state index is -0.848. The Labute approximate surface area is 335 Å². The number of aliphatic hydroxyl groups is 1. The molecule has 0 spiro atoms. The topological polar surface area (TPSA) is 158 Å². The van der Waals surface area contributed by atoms with Gasteiger partial charge in [0.1, 0.15) is 36.8 Å². The number of benzene rings is 3. The van der Waals surface area contributed by atoms with Crippen molar-refractivity contribution in [2.45, 2.75) is 71.9 Å². The van der Waals surface area contributed by atoms with Crippen LogP contribution in [0.5, 0.6) is 11.5 Å². The summed E-state index contributed by atoms with van der Waals surface area (Å²) < 4.78 is 12.7. The zero-order valence-corrected chi connectivity index (χ0v) is 33.0. The number of nitrogens with zero attached hydrogens (tertiary/aromatic N) is 4. The Morgan fingerprint density at radius 1 is 0.982 bits per heavy atom. The minimum Gasteiger partial charge on any atom is -0.488 e. The summed E-state index contributed by atoms with van der Waals surface area (Å²) in [5, 5.41) is 32.2. The number of thiazole rings is 1. The van der Waals surface area contributed by atoms with E-state index >= 15 is 0 Å². The van der Waals surface area contributed by atoms with Gasteiger partial charge in [-0.2, -0.15) is 5.26 Å². The van der Waals surface area contributed by atoms with Gasteiger partial charge >= 0.3 is 5.97 Å². The molecule has 0 saturated carbocycles. The van der Waals surface area contributed by atoms with Crippen LogP contribution in [0, 0.1) is 25.2 Å². The number of hydrogen-bond donors (Lipinski definition) is 3. The number of carboxylic acids is 1. The second kappa shape index (κ2) is 19.1. The van der Waals surface area contributed by atoms with Crippen LogP contribution >= 0.6 is 22.9 Å². The van der Waals surface area contributed by atoms with E-state index in [4.69, 9.17) is 26.2 Å². The van der Waals surface area contributed by atoms with E-state index in [9.17, 15) is 20.0 Å². The molecular formula is C43H44ClN5O6S. The van der Waals surface area contributed by atoms with Crippen molar-refractivity contribution in [3.05, 3.63) is 127 Å². The number of nitriles is 1. The van der Waals surface area contributed by atoms with E-state index in [-0.39, 0.29) is 32.0 Å². The Morgan fingerprint density at radius 3 is 2.48 bits per heavy atom. The largest absolute Gasteiger partial charge is 0.488 e. The van der Waals surface area contributed by atoms with Gasteiger partial charge in [-0.05, 0) is 78.7 Å². The molecule has 0 unspecified atom stereocenters. The number of carbonyl (C=O) groups is 2. The second-order valence-electron chi connectivity index (χ2n) is 13.8. The molecule has 3 aromatic carbocycles. The molecule has 1 aliphatic heterocycles. The van der Waals surface area contributed by atoms with Gasteiger partial charge in [0.2, 0.25) is 0 Å². The van der Waals surface area contributed by atoms with Gasteiger partial charge in [0, 0.05) is 66.7 Å². The number of aliphatic hydroxyl groups excluding tert-OH is 1. The molecule has 0 radical (unpaired) electrons. The van der Waals surface area contributed by atoms with Crippen molar-refractivity contribution in [2.24, 2.45) is 0 Å². The summed E-state index contributed by atoms with van der Waals surface area (Å²) in [6, 6.07) is 18.8. The molecule has 1 fully saturated rings. The first-order valence-corrected chi connectivity index (χ1v) is 19.7. The highest BCUT2D eigenvalue weighted by Gasteiger charge is 2.29. The normalized spacial score (nSPS) is 14.3. The van der Waals surface area contributed by atoms with Gasteiger partial charge < -0.3 is 25.0 Å². The molecule has 290 valence electrons. The Kier molecular flexibility index (Phi) is 13.8. The van der Waals surface area contributed by atoms with Gasteiger partial charge in [-0.25, -0.2) is 4.98 Å². The van der Waals surface area contributed by atoms with E-state index in [0.29, 0.717) is 65.3 Å². The zero-order chi connectivity index (χ0) is 39.6. The molecule has 0 aliphatic carbocycles. The summed E-state index contributed by atoms with van der Waals surface area (Å²) in [6.07, 6.45) is 7.40. The summed E-state index contributed by atoms with van der Waals surface area (Å²) in [5.74, 6) is 0.0262. The number of pyridine rings is 1. The number of carbonyl (C=O) groups excluding carboxylic acids is 1. The lowest BCUT2D eigenvalue weighted by Gasteiger charge is -2.33. The molecular weight excluding hydrogens is 750 g/mol. The fourth-order valence-electron chi connectivity index (χ4n) is 6.92. The highest BCUT2D eigenvalue weighted by Crippen LogP contribution is 2.37. The average molecular weight is 794 g/mol. The van der Waals surface area contributed by atoms with E-state index < -0.39 is 12.0 Å². The molecule has 56 heavy (non-hydrogen) atoms. The number of nitrogens with one attached hydrogen (secondary N) is 1. The molecule has 3 N–H and O–H groups in total. The van der Waals surface area contributed by atoms with E-state index in [1.165, 1.54) is 17.5 Å². The maximum absolute atomic E-state index is 13.3. The summed E-state index contributed by atoms with van der Waals surface area (Å²) in [7, 11) is 0. The maximum Gasteiger partial charge on any atom is 0.320 e. The lowest BCUT2D eigenvalue weighted by molar-refractivity contribution is -0.144. The number of carboxylic acid groups (broad SMARTS) is 1. The van der Waals surface area contributed by atoms with Crippen molar-refractivity contribution < 1.29 is 29.3 Å². The summed E-state index contributed by atoms with van der Waals surface area (Å²) in [6.45, 7) is 6.50. The third-order valence-corrected chi connectivity index (χ3v) is 11.3. The van der Waals surface area contributed by atoms with Crippen LogP contribution in [0.25, 0.3) is 11.1 Å². The van der Waals surface area contributed by atoms with E-state index in [2.05, 4.69) is 33.5 Å². The number of aliphatic carboxylic acids is 1. The van der Waals surface area contributed by atoms with Crippen molar-refractivity contribution in [1.82, 2.24) is 20.2 Å². The van der Waals surface area contributed by atoms with Crippen LogP contribution in [0.3, 0.4) is 0 Å². The van der Waals surface area contributed by atoms with Crippen LogP contribution in [0.15, 0.2) is 73.2 Å². The van der Waals surface area contributed by atoms with Crippen molar-refractivity contribution >= 4 is 34.7 Å². The lowest BCUT2D eigenvalue weighted by Crippen LogP contribution is -2.44. The Bertz CT molecular complexity index is 2240. The van der Waals surface area contributed by atoms with Crippen molar-refractivity contribution in [3.8, 4) is 28.7 Å². The van der Waals surface area contributed by atoms with Gasteiger partial charge in [-0.1, -0.05) is 54.4 Å². The highest BCUT2D eigenvalue weighted by atomic mass is 35.5. The van der Waals surface area contributed by atoms with Crippen LogP contribution < -0.4 is 14.8 Å². The highest BCUT2D eigenvalue weighted by molar-refractivity contribution is 7.13. The SMILES string of the molecule is Cc1c(COc2cc(OCc3cncc(C#N)c3)c(CN3CCCC[C@H]3C(=O)O)cc2Cl)cccc1-c1cccc(CC(=O)c2ncc(CNCCO)s2)c1C. The predicted octanol–water partition coefficient (Wildman–Crippen LogP) is 7.45. The summed E-state index contributed by atoms with van der Waals surface area (Å²) in [4.78, 5) is 36.7. The number of rotatable bonds is 17. The van der Waals surface area contributed by atoms with Crippen LogP contribution in [-0.2, 0) is 37.5 Å². The van der Waals surface area contributed by atoms with E-state index in [1.54, 1.807) is 30.6 Å². The number of ketones is 1. The Morgan fingerprint density at radius 2 is 1.73 bits per heavy atom. The molecule has 1 aliphatic rings. The number of ether oxygens (including phenoxy) is 2. The summed E-state index contributed by atoms with van der Waals surface area (Å²) in [5.41, 5.74) is 7.83. The van der Waals surface area contributed by atoms with Crippen molar-refractivity contribution in [1.29, 1.82) is 5.26 Å². The number of halogens is 1. The molecule has 0 amide bonds. The Hall–Kier alpha value is -5.16. The maximum atomic E-state index is 13.3. The number of aromatic nitrogens is 2. The number of piperidine rings is 1. The second-order valence-corrected chi connectivity index (χ2v) is 15.3. The van der Waals surface area contributed by atoms with Crippen molar-refractivity contribution in [3.63, 3.8) is 0 Å².